The molecule has 2 rings (SSSR count). The highest BCUT2D eigenvalue weighted by molar-refractivity contribution is 9.10. The fraction of sp³-hybridized carbons (Fsp3) is 0.591. The van der Waals surface area contributed by atoms with E-state index in [1.165, 1.54) is 19.9 Å². The Balaban J connectivity index is 2.70. The Labute approximate surface area is 203 Å². The van der Waals surface area contributed by atoms with E-state index in [9.17, 15) is 22.6 Å². The summed E-state index contributed by atoms with van der Waals surface area (Å²) in [7, 11) is -1.73. The van der Waals surface area contributed by atoms with Crippen LogP contribution < -0.4 is 0 Å². The first-order chi connectivity index (χ1) is 14.8. The molecule has 0 aliphatic carbocycles. The molecule has 0 saturated heterocycles. The van der Waals surface area contributed by atoms with E-state index in [-0.39, 0.29) is 21.6 Å². The van der Waals surface area contributed by atoms with Crippen molar-refractivity contribution in [3.63, 3.8) is 0 Å². The summed E-state index contributed by atoms with van der Waals surface area (Å²) in [5, 5.41) is 0. The number of aliphatic imine (C=N–C) groups is 1. The molecule has 0 bridgehead atoms. The summed E-state index contributed by atoms with van der Waals surface area (Å²) >= 11 is 3.12. The monoisotopic (exact) mass is 550 g/mol. The van der Waals surface area contributed by atoms with Gasteiger partial charge in [-0.05, 0) is 67.5 Å². The highest BCUT2D eigenvalue weighted by Gasteiger charge is 2.48. The topological polar surface area (TPSA) is 85.3 Å². The van der Waals surface area contributed by atoms with Crippen LogP contribution in [0.3, 0.4) is 0 Å². The Bertz CT molecular complexity index is 987. The quantitative estimate of drug-likeness (QED) is 0.407. The number of hydrogen-bond acceptors (Lipinski definition) is 6. The number of hydrogen-bond donors (Lipinski definition) is 0. The molecular formula is C22H29BrF2N2O5S. The molecule has 11 heteroatoms. The van der Waals surface area contributed by atoms with E-state index >= 15 is 0 Å². The summed E-state index contributed by atoms with van der Waals surface area (Å²) in [5.41, 5.74) is -2.08. The van der Waals surface area contributed by atoms with Gasteiger partial charge in [0.05, 0.1) is 16.5 Å². The molecule has 0 radical (unpaired) electrons. The van der Waals surface area contributed by atoms with Crippen LogP contribution in [0, 0.1) is 11.6 Å². The number of imide groups is 1. The average Bonchev–Trinajstić information content (AvgIpc) is 2.59. The molecule has 0 spiro atoms. The molecule has 1 aromatic carbocycles. The molecule has 1 aliphatic heterocycles. The van der Waals surface area contributed by atoms with Gasteiger partial charge in [0.25, 0.3) is 0 Å². The van der Waals surface area contributed by atoms with Gasteiger partial charge in [-0.25, -0.2) is 18.4 Å². The van der Waals surface area contributed by atoms with Crippen molar-refractivity contribution in [2.75, 3.05) is 5.75 Å². The second kappa shape index (κ2) is 9.40. The summed E-state index contributed by atoms with van der Waals surface area (Å²) in [4.78, 5) is 31.2. The zero-order chi connectivity index (χ0) is 25.5. The highest BCUT2D eigenvalue weighted by Crippen LogP contribution is 2.35. The van der Waals surface area contributed by atoms with Crippen molar-refractivity contribution in [3.8, 4) is 0 Å². The third-order valence-electron chi connectivity index (χ3n) is 4.44. The fourth-order valence-corrected chi connectivity index (χ4v) is 4.71. The zero-order valence-electron chi connectivity index (χ0n) is 19.9. The van der Waals surface area contributed by atoms with Crippen LogP contribution in [0.4, 0.5) is 18.4 Å². The molecule has 2 atom stereocenters. The van der Waals surface area contributed by atoms with Gasteiger partial charge in [-0.15, -0.1) is 0 Å². The number of nitrogens with zero attached hydrogens (tertiary/aromatic N) is 2. The first-order valence-electron chi connectivity index (χ1n) is 10.2. The van der Waals surface area contributed by atoms with E-state index in [4.69, 9.17) is 9.47 Å². The van der Waals surface area contributed by atoms with E-state index < -0.39 is 56.6 Å². The van der Waals surface area contributed by atoms with Crippen molar-refractivity contribution in [1.82, 2.24) is 4.90 Å². The number of benzene rings is 1. The summed E-state index contributed by atoms with van der Waals surface area (Å²) < 4.78 is 51.6. The van der Waals surface area contributed by atoms with Crippen LogP contribution in [-0.4, -0.2) is 48.8 Å². The molecule has 0 N–H and O–H groups in total. The van der Waals surface area contributed by atoms with Crippen molar-refractivity contribution in [1.29, 1.82) is 0 Å². The van der Waals surface area contributed by atoms with Crippen LogP contribution in [0.2, 0.25) is 0 Å². The molecule has 33 heavy (non-hydrogen) atoms. The standard InChI is InChI=1S/C22H29BrF2N2O5S/c1-20(2,3)31-18(28)27(19(29)32-21(4,5)6)17-22(7,8)33(30)11-15(26-17)13-9-12(23)10-14(24)16(13)25/h9-10,15H,11H2,1-8H3. The molecule has 2 amide bonds. The van der Waals surface area contributed by atoms with E-state index in [0.717, 1.165) is 6.07 Å². The number of ether oxygens (including phenoxy) is 2. The summed E-state index contributed by atoms with van der Waals surface area (Å²) in [5.74, 6) is -2.62. The first kappa shape index (κ1) is 27.4. The zero-order valence-corrected chi connectivity index (χ0v) is 22.3. The molecule has 1 heterocycles. The molecule has 7 nitrogen and oxygen atoms in total. The van der Waals surface area contributed by atoms with Gasteiger partial charge in [0.1, 0.15) is 17.0 Å². The minimum Gasteiger partial charge on any atom is -0.443 e. The predicted octanol–water partition coefficient (Wildman–Crippen LogP) is 5.88. The smallest absolute Gasteiger partial charge is 0.425 e. The normalized spacial score (nSPS) is 20.6. The van der Waals surface area contributed by atoms with Crippen molar-refractivity contribution >= 4 is 44.8 Å². The van der Waals surface area contributed by atoms with Crippen LogP contribution in [0.5, 0.6) is 0 Å². The maximum absolute atomic E-state index is 14.6. The molecule has 0 fully saturated rings. The van der Waals surface area contributed by atoms with Crippen LogP contribution in [0.1, 0.15) is 67.0 Å². The van der Waals surface area contributed by atoms with Gasteiger partial charge in [0.2, 0.25) is 0 Å². The van der Waals surface area contributed by atoms with E-state index in [2.05, 4.69) is 20.9 Å². The van der Waals surface area contributed by atoms with Gasteiger partial charge in [-0.3, -0.25) is 9.20 Å². The second-order valence-electron chi connectivity index (χ2n) is 10.1. The molecule has 0 aromatic heterocycles. The number of rotatable bonds is 1. The number of halogens is 3. The predicted molar refractivity (Wildman–Crippen MR) is 126 cm³/mol. The lowest BCUT2D eigenvalue weighted by Crippen LogP contribution is -2.57. The maximum Gasteiger partial charge on any atom is 0.425 e. The first-order valence-corrected chi connectivity index (χ1v) is 12.3. The third kappa shape index (κ3) is 6.59. The minimum atomic E-state index is -1.73. The SMILES string of the molecule is CC(C)(C)OC(=O)N(C(=O)OC(C)(C)C)C1=NC(c2cc(Br)cc(F)c2F)CS(=O)C1(C)C. The van der Waals surface area contributed by atoms with Crippen LogP contribution >= 0.6 is 15.9 Å². The van der Waals surface area contributed by atoms with Crippen LogP contribution in [-0.2, 0) is 20.3 Å². The molecule has 184 valence electrons. The third-order valence-corrected chi connectivity index (χ3v) is 6.84. The Kier molecular flexibility index (Phi) is 7.80. The summed E-state index contributed by atoms with van der Waals surface area (Å²) in [6.45, 7) is 12.8. The lowest BCUT2D eigenvalue weighted by Gasteiger charge is -2.38. The van der Waals surface area contributed by atoms with Gasteiger partial charge in [0, 0.05) is 20.8 Å². The molecule has 0 saturated carbocycles. The average molecular weight is 551 g/mol. The van der Waals surface area contributed by atoms with Crippen LogP contribution in [0.25, 0.3) is 0 Å². The van der Waals surface area contributed by atoms with E-state index in [1.807, 2.05) is 0 Å². The van der Waals surface area contributed by atoms with Crippen molar-refractivity contribution in [3.05, 3.63) is 33.8 Å². The van der Waals surface area contributed by atoms with Crippen molar-refractivity contribution in [2.45, 2.75) is 77.4 Å². The minimum absolute atomic E-state index is 0.139. The summed E-state index contributed by atoms with van der Waals surface area (Å²) in [6, 6.07) is 1.17. The molecule has 1 aliphatic rings. The van der Waals surface area contributed by atoms with Gasteiger partial charge >= 0.3 is 12.2 Å². The van der Waals surface area contributed by atoms with Crippen LogP contribution in [0.15, 0.2) is 21.6 Å². The number of carbonyl (C=O) groups is 2. The highest BCUT2D eigenvalue weighted by atomic mass is 79.9. The van der Waals surface area contributed by atoms with Gasteiger partial charge in [0.15, 0.2) is 11.6 Å². The number of carbonyl (C=O) groups excluding carboxylic acids is 2. The second-order valence-corrected chi connectivity index (χ2v) is 13.0. The van der Waals surface area contributed by atoms with E-state index in [0.29, 0.717) is 4.90 Å². The lowest BCUT2D eigenvalue weighted by atomic mass is 10.1. The molecular weight excluding hydrogens is 522 g/mol. The number of amidine groups is 1. The van der Waals surface area contributed by atoms with Gasteiger partial charge in [-0.1, -0.05) is 15.9 Å². The molecule has 2 unspecified atom stereocenters. The molecule has 1 aromatic rings. The Morgan fingerprint density at radius 2 is 1.58 bits per heavy atom. The maximum atomic E-state index is 14.6. The van der Waals surface area contributed by atoms with E-state index in [1.54, 1.807) is 41.5 Å². The van der Waals surface area contributed by atoms with Gasteiger partial charge in [-0.2, -0.15) is 4.90 Å². The summed E-state index contributed by atoms with van der Waals surface area (Å²) in [6.07, 6.45) is -2.16. The van der Waals surface area contributed by atoms with Gasteiger partial charge < -0.3 is 9.47 Å². The Morgan fingerprint density at radius 1 is 1.09 bits per heavy atom. The largest absolute Gasteiger partial charge is 0.443 e. The van der Waals surface area contributed by atoms with Crippen molar-refractivity contribution in [2.24, 2.45) is 4.99 Å². The number of amides is 2. The Hall–Kier alpha value is -1.88. The lowest BCUT2D eigenvalue weighted by molar-refractivity contribution is 0.0140. The Morgan fingerprint density at radius 3 is 2.03 bits per heavy atom. The van der Waals surface area contributed by atoms with Crippen molar-refractivity contribution < 1.29 is 32.1 Å². The fourth-order valence-electron chi connectivity index (χ4n) is 2.96.